The molecule has 0 unspecified atom stereocenters. The van der Waals surface area contributed by atoms with Crippen LogP contribution in [0, 0.1) is 11.7 Å². The minimum absolute atomic E-state index is 0.107. The van der Waals surface area contributed by atoms with Crippen molar-refractivity contribution in [3.05, 3.63) is 78.9 Å². The summed E-state index contributed by atoms with van der Waals surface area (Å²) in [5.41, 5.74) is 1.12. The van der Waals surface area contributed by atoms with E-state index in [1.165, 1.54) is 33.4 Å². The Bertz CT molecular complexity index is 1480. The van der Waals surface area contributed by atoms with Gasteiger partial charge in [-0.1, -0.05) is 51.2 Å². The Hall–Kier alpha value is -2.76. The van der Waals surface area contributed by atoms with Crippen molar-refractivity contribution in [3.63, 3.8) is 0 Å². The molecule has 2 saturated heterocycles. The minimum Gasteiger partial charge on any atom is -0.341 e. The molecule has 38 heavy (non-hydrogen) atoms. The molecule has 3 aromatic rings. The third kappa shape index (κ3) is 4.34. The van der Waals surface area contributed by atoms with E-state index < -0.39 is 22.9 Å². The average Bonchev–Trinajstić information content (AvgIpc) is 3.36. The van der Waals surface area contributed by atoms with E-state index in [0.717, 1.165) is 35.1 Å². The van der Waals surface area contributed by atoms with Crippen LogP contribution in [-0.4, -0.2) is 45.5 Å². The third-order valence-corrected chi connectivity index (χ3v) is 10.5. The van der Waals surface area contributed by atoms with Crippen molar-refractivity contribution in [2.24, 2.45) is 5.92 Å². The smallest absolute Gasteiger partial charge is 0.308 e. The van der Waals surface area contributed by atoms with E-state index in [4.69, 9.17) is 0 Å². The molecule has 2 aromatic carbocycles. The molecule has 196 valence electrons. The SMILES string of the molecule is O=C(Cn1c2c(sc1=O)[C@@H](c1ccc(F)cc1)[C@H]1C(=O)N(c3ccc(Br)cc3)C(=O)[C@H]1S2)N1CCCCC1. The summed E-state index contributed by atoms with van der Waals surface area (Å²) in [7, 11) is 0. The number of piperidine rings is 1. The number of amides is 3. The lowest BCUT2D eigenvalue weighted by atomic mass is 9.83. The average molecular weight is 617 g/mol. The standard InChI is InChI=1S/C27H23BrFN3O4S2/c28-16-6-10-18(11-7-16)32-24(34)21-20(15-4-8-17(29)9-5-15)23-26(37-22(21)25(32)35)31(27(36)38-23)14-19(33)30-12-2-1-3-13-30/h4-11,20-22H,1-3,12-14H2/t20-,21+,22-/m0/s1. The number of thiazole rings is 1. The number of hydrogen-bond donors (Lipinski definition) is 0. The second-order valence-corrected chi connectivity index (χ2v) is 12.7. The highest BCUT2D eigenvalue weighted by molar-refractivity contribution is 9.10. The maximum absolute atomic E-state index is 13.8. The number of fused-ring (bicyclic) bond motifs is 2. The summed E-state index contributed by atoms with van der Waals surface area (Å²) in [6.07, 6.45) is 2.97. The van der Waals surface area contributed by atoms with Gasteiger partial charge in [0.05, 0.1) is 16.6 Å². The first-order valence-electron chi connectivity index (χ1n) is 12.4. The zero-order valence-electron chi connectivity index (χ0n) is 20.1. The first kappa shape index (κ1) is 25.5. The number of imide groups is 1. The lowest BCUT2D eigenvalue weighted by molar-refractivity contribution is -0.133. The highest BCUT2D eigenvalue weighted by atomic mass is 79.9. The van der Waals surface area contributed by atoms with E-state index in [1.807, 2.05) is 0 Å². The molecule has 7 nitrogen and oxygen atoms in total. The van der Waals surface area contributed by atoms with Gasteiger partial charge in [-0.2, -0.15) is 0 Å². The van der Waals surface area contributed by atoms with Crippen LogP contribution in [0.25, 0.3) is 0 Å². The van der Waals surface area contributed by atoms with Gasteiger partial charge < -0.3 is 4.90 Å². The van der Waals surface area contributed by atoms with Crippen LogP contribution < -0.4 is 9.77 Å². The molecule has 0 saturated carbocycles. The number of carbonyl (C=O) groups is 3. The number of carbonyl (C=O) groups excluding carboxylic acids is 3. The molecule has 0 bridgehead atoms. The number of benzene rings is 2. The van der Waals surface area contributed by atoms with Gasteiger partial charge in [-0.15, -0.1) is 0 Å². The minimum atomic E-state index is -0.779. The van der Waals surface area contributed by atoms with Crippen molar-refractivity contribution in [2.45, 2.75) is 42.0 Å². The molecule has 2 fully saturated rings. The molecular formula is C27H23BrFN3O4S2. The highest BCUT2D eigenvalue weighted by Crippen LogP contribution is 2.53. The van der Waals surface area contributed by atoms with E-state index >= 15 is 0 Å². The van der Waals surface area contributed by atoms with Gasteiger partial charge in [0.25, 0.3) is 0 Å². The van der Waals surface area contributed by atoms with Crippen LogP contribution in [0.2, 0.25) is 0 Å². The van der Waals surface area contributed by atoms with Crippen LogP contribution in [0.4, 0.5) is 10.1 Å². The maximum Gasteiger partial charge on any atom is 0.308 e. The van der Waals surface area contributed by atoms with Crippen molar-refractivity contribution in [1.82, 2.24) is 9.47 Å². The van der Waals surface area contributed by atoms with Gasteiger partial charge in [0.1, 0.15) is 17.6 Å². The largest absolute Gasteiger partial charge is 0.341 e. The van der Waals surface area contributed by atoms with E-state index in [1.54, 1.807) is 41.3 Å². The lowest BCUT2D eigenvalue weighted by Gasteiger charge is -2.31. The molecule has 0 radical (unpaired) electrons. The van der Waals surface area contributed by atoms with Crippen LogP contribution in [0.1, 0.15) is 35.6 Å². The molecule has 6 rings (SSSR count). The van der Waals surface area contributed by atoms with E-state index in [0.29, 0.717) is 34.2 Å². The number of thioether (sulfide) groups is 1. The van der Waals surface area contributed by atoms with Crippen molar-refractivity contribution in [1.29, 1.82) is 0 Å². The van der Waals surface area contributed by atoms with Gasteiger partial charge in [-0.05, 0) is 61.2 Å². The fourth-order valence-electron chi connectivity index (χ4n) is 5.51. The van der Waals surface area contributed by atoms with Gasteiger partial charge in [0.15, 0.2) is 0 Å². The number of hydrogen-bond acceptors (Lipinski definition) is 6. The summed E-state index contributed by atoms with van der Waals surface area (Å²) in [6, 6.07) is 12.8. The molecule has 4 heterocycles. The van der Waals surface area contributed by atoms with Gasteiger partial charge in [-0.3, -0.25) is 23.7 Å². The van der Waals surface area contributed by atoms with Gasteiger partial charge in [0.2, 0.25) is 17.7 Å². The predicted molar refractivity (Wildman–Crippen MR) is 147 cm³/mol. The molecule has 3 aliphatic rings. The Balaban J connectivity index is 1.43. The van der Waals surface area contributed by atoms with Gasteiger partial charge >= 0.3 is 4.87 Å². The zero-order valence-corrected chi connectivity index (χ0v) is 23.4. The fourth-order valence-corrected chi connectivity index (χ4v) is 8.55. The second kappa shape index (κ2) is 10.1. The Morgan fingerprint density at radius 1 is 0.947 bits per heavy atom. The highest BCUT2D eigenvalue weighted by Gasteiger charge is 2.56. The van der Waals surface area contributed by atoms with Crippen LogP contribution >= 0.6 is 39.0 Å². The van der Waals surface area contributed by atoms with E-state index in [9.17, 15) is 23.6 Å². The summed E-state index contributed by atoms with van der Waals surface area (Å²) in [4.78, 5) is 57.2. The molecule has 1 aromatic heterocycles. The maximum atomic E-state index is 13.8. The summed E-state index contributed by atoms with van der Waals surface area (Å²) >= 11 is 5.57. The van der Waals surface area contributed by atoms with Crippen LogP contribution in [0.3, 0.4) is 0 Å². The number of rotatable bonds is 4. The number of nitrogens with zero attached hydrogens (tertiary/aromatic N) is 3. The fraction of sp³-hybridized carbons (Fsp3) is 0.333. The van der Waals surface area contributed by atoms with Crippen LogP contribution in [0.5, 0.6) is 0 Å². The Kier molecular flexibility index (Phi) is 6.77. The Labute approximate surface area is 234 Å². The van der Waals surface area contributed by atoms with Crippen molar-refractivity contribution in [3.8, 4) is 0 Å². The van der Waals surface area contributed by atoms with Gasteiger partial charge in [-0.25, -0.2) is 9.29 Å². The number of likely N-dealkylation sites (tertiary alicyclic amines) is 1. The second-order valence-electron chi connectivity index (χ2n) is 9.65. The number of anilines is 1. The van der Waals surface area contributed by atoms with Crippen molar-refractivity contribution >= 4 is 62.4 Å². The molecule has 11 heteroatoms. The molecule has 0 spiro atoms. The summed E-state index contributed by atoms with van der Waals surface area (Å²) < 4.78 is 16.1. The van der Waals surface area contributed by atoms with E-state index in [-0.39, 0.29) is 29.1 Å². The predicted octanol–water partition coefficient (Wildman–Crippen LogP) is 4.62. The quantitative estimate of drug-likeness (QED) is 0.400. The van der Waals surface area contributed by atoms with Gasteiger partial charge in [0, 0.05) is 28.4 Å². The molecule has 3 aliphatic heterocycles. The molecule has 0 aliphatic carbocycles. The topological polar surface area (TPSA) is 79.7 Å². The first-order valence-corrected chi connectivity index (χ1v) is 14.9. The van der Waals surface area contributed by atoms with Crippen LogP contribution in [0.15, 0.2) is 62.8 Å². The summed E-state index contributed by atoms with van der Waals surface area (Å²) in [5.74, 6) is -2.64. The molecule has 3 atom stereocenters. The third-order valence-electron chi connectivity index (χ3n) is 7.37. The number of aromatic nitrogens is 1. The summed E-state index contributed by atoms with van der Waals surface area (Å²) in [5, 5.41) is -0.237. The normalized spacial score (nSPS) is 22.9. The van der Waals surface area contributed by atoms with E-state index in [2.05, 4.69) is 15.9 Å². The summed E-state index contributed by atoms with van der Waals surface area (Å²) in [6.45, 7) is 1.24. The molecule has 3 amide bonds. The zero-order chi connectivity index (χ0) is 26.6. The first-order chi connectivity index (χ1) is 18.3. The van der Waals surface area contributed by atoms with Crippen LogP contribution in [-0.2, 0) is 20.9 Å². The lowest BCUT2D eigenvalue weighted by Crippen LogP contribution is -2.39. The monoisotopic (exact) mass is 615 g/mol. The molecule has 0 N–H and O–H groups in total. The number of halogens is 2. The van der Waals surface area contributed by atoms with Crippen molar-refractivity contribution < 1.29 is 18.8 Å². The molecular weight excluding hydrogens is 593 g/mol. The Morgan fingerprint density at radius 3 is 2.32 bits per heavy atom. The van der Waals surface area contributed by atoms with Crippen molar-refractivity contribution in [2.75, 3.05) is 18.0 Å². The Morgan fingerprint density at radius 2 is 1.63 bits per heavy atom.